The molecule has 5 rings (SSSR count). The highest BCUT2D eigenvalue weighted by Gasteiger charge is 2.42. The van der Waals surface area contributed by atoms with Gasteiger partial charge in [-0.3, -0.25) is 9.78 Å². The van der Waals surface area contributed by atoms with E-state index in [1.54, 1.807) is 45.5 Å². The van der Waals surface area contributed by atoms with Gasteiger partial charge in [-0.25, -0.2) is 13.2 Å². The summed E-state index contributed by atoms with van der Waals surface area (Å²) < 4.78 is 46.3. The lowest BCUT2D eigenvalue weighted by Gasteiger charge is -2.26. The second-order valence-corrected chi connectivity index (χ2v) is 14.8. The van der Waals surface area contributed by atoms with Crippen LogP contribution in [0.3, 0.4) is 0 Å². The highest BCUT2D eigenvalue weighted by Crippen LogP contribution is 2.39. The van der Waals surface area contributed by atoms with Crippen molar-refractivity contribution in [2.24, 2.45) is 5.92 Å². The number of aromatic nitrogens is 1. The van der Waals surface area contributed by atoms with Crippen LogP contribution in [0.1, 0.15) is 40.4 Å². The van der Waals surface area contributed by atoms with Crippen molar-refractivity contribution in [3.05, 3.63) is 81.6 Å². The van der Waals surface area contributed by atoms with E-state index in [4.69, 9.17) is 37.4 Å². The Balaban J connectivity index is 1.44. The fourth-order valence-corrected chi connectivity index (χ4v) is 8.43. The number of thioether (sulfide) groups is 1. The van der Waals surface area contributed by atoms with Crippen LogP contribution in [0.4, 0.5) is 0 Å². The first-order chi connectivity index (χ1) is 21.5. The number of pyridine rings is 1. The van der Waals surface area contributed by atoms with Gasteiger partial charge in [-0.15, -0.1) is 11.8 Å². The third kappa shape index (κ3) is 7.69. The molecule has 45 heavy (non-hydrogen) atoms. The molecule has 1 aliphatic carbocycles. The van der Waals surface area contributed by atoms with E-state index in [0.29, 0.717) is 50.9 Å². The Kier molecular flexibility index (Phi) is 10.5. The summed E-state index contributed by atoms with van der Waals surface area (Å²) in [7, 11) is 0.556. The van der Waals surface area contributed by atoms with Crippen molar-refractivity contribution in [1.29, 1.82) is 0 Å². The number of methoxy groups -OCH3 is 1. The zero-order valence-electron chi connectivity index (χ0n) is 24.9. The highest BCUT2D eigenvalue weighted by molar-refractivity contribution is 8.02. The summed E-state index contributed by atoms with van der Waals surface area (Å²) in [4.78, 5) is 31.6. The lowest BCUT2D eigenvalue weighted by atomic mass is 10.0. The van der Waals surface area contributed by atoms with E-state index in [2.05, 4.69) is 4.98 Å². The van der Waals surface area contributed by atoms with Crippen LogP contribution < -0.4 is 9.47 Å². The first-order valence-corrected chi connectivity index (χ1v) is 17.5. The van der Waals surface area contributed by atoms with Gasteiger partial charge in [0.2, 0.25) is 10.0 Å². The molecule has 2 aliphatic rings. The summed E-state index contributed by atoms with van der Waals surface area (Å²) in [6.07, 6.45) is 4.31. The maximum Gasteiger partial charge on any atom is 0.335 e. The van der Waals surface area contributed by atoms with Gasteiger partial charge < -0.3 is 19.1 Å². The molecule has 2 aromatic carbocycles. The molecule has 1 saturated carbocycles. The summed E-state index contributed by atoms with van der Waals surface area (Å²) in [5.74, 6) is 0.822. The molecule has 1 saturated heterocycles. The third-order valence-electron chi connectivity index (χ3n) is 7.48. The zero-order chi connectivity index (χ0) is 32.3. The Morgan fingerprint density at radius 1 is 1.09 bits per heavy atom. The summed E-state index contributed by atoms with van der Waals surface area (Å²) in [6.45, 7) is 0.631. The van der Waals surface area contributed by atoms with Crippen molar-refractivity contribution >= 4 is 56.9 Å². The molecular formula is C31H33Cl2N3O7S2. The van der Waals surface area contributed by atoms with Crippen molar-refractivity contribution in [2.45, 2.75) is 35.6 Å². The molecule has 0 N–H and O–H groups in total. The number of amides is 1. The molecule has 1 amide bonds. The molecule has 2 fully saturated rings. The fraction of sp³-hybridized carbons (Fsp3) is 0.387. The van der Waals surface area contributed by atoms with Gasteiger partial charge in [-0.2, -0.15) is 4.31 Å². The topological polar surface area (TPSA) is 115 Å². The molecule has 2 unspecified atom stereocenters. The molecule has 2 heterocycles. The van der Waals surface area contributed by atoms with Gasteiger partial charge in [0, 0.05) is 50.8 Å². The summed E-state index contributed by atoms with van der Waals surface area (Å²) in [6, 6.07) is 11.0. The SMILES string of the molecule is COc1ccc(C(Cc2c(Cl)cncc2Cl)OC(=O)C2SCCN2S(=O)(=O)c2cccc(C(=O)N(C)C)c2)cc1OCC1CC1. The Morgan fingerprint density at radius 3 is 2.49 bits per heavy atom. The molecule has 0 bridgehead atoms. The molecule has 0 radical (unpaired) electrons. The normalized spacial score (nSPS) is 17.5. The van der Waals surface area contributed by atoms with E-state index in [1.165, 1.54) is 35.5 Å². The number of benzene rings is 2. The van der Waals surface area contributed by atoms with E-state index in [-0.39, 0.29) is 29.3 Å². The standard InChI is InChI=1S/C31H33Cl2N3O7S2/c1-35(2)29(37)21-5-4-6-22(13-21)45(39,40)36-11-12-44-30(36)31(38)43-27(15-23-24(32)16-34-17-25(23)33)20-9-10-26(41-3)28(14-20)42-18-19-7-8-19/h4-6,9-10,13-14,16-17,19,27,30H,7-8,11-12,15,18H2,1-3H3. The monoisotopic (exact) mass is 693 g/mol. The number of hydrogen-bond acceptors (Lipinski definition) is 9. The number of nitrogens with zero attached hydrogens (tertiary/aromatic N) is 3. The van der Waals surface area contributed by atoms with Gasteiger partial charge in [0.15, 0.2) is 16.9 Å². The number of carbonyl (C=O) groups is 2. The number of ether oxygens (including phenoxy) is 3. The summed E-state index contributed by atoms with van der Waals surface area (Å²) in [5.41, 5.74) is 1.33. The minimum atomic E-state index is -4.16. The second kappa shape index (κ2) is 14.2. The number of halogens is 2. The van der Waals surface area contributed by atoms with Gasteiger partial charge >= 0.3 is 5.97 Å². The van der Waals surface area contributed by atoms with Gasteiger partial charge in [-0.1, -0.05) is 35.3 Å². The van der Waals surface area contributed by atoms with Crippen LogP contribution in [0.2, 0.25) is 10.0 Å². The van der Waals surface area contributed by atoms with Crippen LogP contribution in [0, 0.1) is 5.92 Å². The minimum Gasteiger partial charge on any atom is -0.493 e. The lowest BCUT2D eigenvalue weighted by molar-refractivity contribution is -0.150. The first kappa shape index (κ1) is 33.3. The van der Waals surface area contributed by atoms with E-state index in [1.807, 2.05) is 0 Å². The van der Waals surface area contributed by atoms with E-state index in [0.717, 1.165) is 28.9 Å². The highest BCUT2D eigenvalue weighted by atomic mass is 35.5. The van der Waals surface area contributed by atoms with Crippen LogP contribution in [0.25, 0.3) is 0 Å². The molecule has 0 spiro atoms. The molecular weight excluding hydrogens is 661 g/mol. The zero-order valence-corrected chi connectivity index (χ0v) is 28.1. The second-order valence-electron chi connectivity index (χ2n) is 10.9. The summed E-state index contributed by atoms with van der Waals surface area (Å²) in [5, 5.41) is -0.555. The predicted molar refractivity (Wildman–Crippen MR) is 173 cm³/mol. The van der Waals surface area contributed by atoms with Crippen LogP contribution in [-0.4, -0.2) is 80.0 Å². The van der Waals surface area contributed by atoms with Crippen LogP contribution >= 0.6 is 35.0 Å². The fourth-order valence-electron chi connectivity index (χ4n) is 4.81. The first-order valence-electron chi connectivity index (χ1n) is 14.2. The van der Waals surface area contributed by atoms with Gasteiger partial charge in [0.1, 0.15) is 6.10 Å². The number of sulfonamides is 1. The van der Waals surface area contributed by atoms with Crippen molar-refractivity contribution in [3.63, 3.8) is 0 Å². The lowest BCUT2D eigenvalue weighted by Crippen LogP contribution is -2.40. The van der Waals surface area contributed by atoms with Crippen molar-refractivity contribution in [1.82, 2.24) is 14.2 Å². The molecule has 1 aromatic heterocycles. The smallest absolute Gasteiger partial charge is 0.335 e. The Hall–Kier alpha value is -3.03. The van der Waals surface area contributed by atoms with Crippen LogP contribution in [0.5, 0.6) is 11.5 Å². The van der Waals surface area contributed by atoms with Crippen LogP contribution in [0.15, 0.2) is 59.8 Å². The van der Waals surface area contributed by atoms with Crippen molar-refractivity contribution in [3.8, 4) is 11.5 Å². The van der Waals surface area contributed by atoms with E-state index in [9.17, 15) is 18.0 Å². The summed E-state index contributed by atoms with van der Waals surface area (Å²) >= 11 is 14.1. The third-order valence-corrected chi connectivity index (χ3v) is 11.3. The predicted octanol–water partition coefficient (Wildman–Crippen LogP) is 5.48. The maximum absolute atomic E-state index is 13.8. The molecule has 1 aliphatic heterocycles. The minimum absolute atomic E-state index is 0.0880. The Labute approximate surface area is 277 Å². The van der Waals surface area contributed by atoms with Crippen molar-refractivity contribution in [2.75, 3.05) is 40.1 Å². The number of esters is 1. The number of hydrogen-bond donors (Lipinski definition) is 0. The maximum atomic E-state index is 13.8. The Morgan fingerprint density at radius 2 is 1.82 bits per heavy atom. The van der Waals surface area contributed by atoms with E-state index >= 15 is 0 Å². The molecule has 14 heteroatoms. The Bertz CT molecular complexity index is 1670. The van der Waals surface area contributed by atoms with Gasteiger partial charge in [0.25, 0.3) is 5.91 Å². The molecule has 240 valence electrons. The van der Waals surface area contributed by atoms with Gasteiger partial charge in [0.05, 0.1) is 28.7 Å². The van der Waals surface area contributed by atoms with Gasteiger partial charge in [-0.05, 0) is 60.2 Å². The molecule has 2 atom stereocenters. The van der Waals surface area contributed by atoms with Crippen molar-refractivity contribution < 1.29 is 32.2 Å². The van der Waals surface area contributed by atoms with Crippen LogP contribution in [-0.2, 0) is 26.0 Å². The average molecular weight is 695 g/mol. The molecule has 3 aromatic rings. The number of rotatable bonds is 12. The quantitative estimate of drug-likeness (QED) is 0.228. The largest absolute Gasteiger partial charge is 0.493 e. The molecule has 10 nitrogen and oxygen atoms in total. The average Bonchev–Trinajstić information content (AvgIpc) is 3.72. The number of carbonyl (C=O) groups excluding carboxylic acids is 2. The van der Waals surface area contributed by atoms with E-state index < -0.39 is 27.5 Å².